The molecule has 2 aromatic rings. The third-order valence-corrected chi connectivity index (χ3v) is 2.18. The number of carbonyl (C=O) groups is 2. The van der Waals surface area contributed by atoms with Crippen molar-refractivity contribution in [3.8, 4) is 0 Å². The second-order valence-corrected chi connectivity index (χ2v) is 3.27. The van der Waals surface area contributed by atoms with Gasteiger partial charge in [0.2, 0.25) is 0 Å². The molecule has 0 fully saturated rings. The highest BCUT2D eigenvalue weighted by molar-refractivity contribution is 5.99. The summed E-state index contributed by atoms with van der Waals surface area (Å²) < 4.78 is 5.36. The van der Waals surface area contributed by atoms with Crippen LogP contribution in [0, 0.1) is 0 Å². The van der Waals surface area contributed by atoms with Crippen molar-refractivity contribution in [1.29, 1.82) is 0 Å². The Balaban J connectivity index is 2.63. The van der Waals surface area contributed by atoms with Gasteiger partial charge in [-0.2, -0.15) is 5.10 Å². The van der Waals surface area contributed by atoms with Crippen LogP contribution in [0.4, 0.5) is 4.79 Å². The first-order chi connectivity index (χ1) is 8.56. The Bertz CT molecular complexity index is 686. The summed E-state index contributed by atoms with van der Waals surface area (Å²) in [6.45, 7) is 1.82. The number of hydrogen-bond donors (Lipinski definition) is 2. The number of rotatable bonds is 2. The Kier molecular flexibility index (Phi) is 2.80. The Labute approximate surface area is 99.6 Å². The predicted octanol–water partition coefficient (Wildman–Crippen LogP) is -0.777. The number of aromatic nitrogens is 4. The van der Waals surface area contributed by atoms with Crippen molar-refractivity contribution in [3.63, 3.8) is 0 Å². The summed E-state index contributed by atoms with van der Waals surface area (Å²) in [6.07, 6.45) is 0.936. The molecule has 2 aromatic heterocycles. The van der Waals surface area contributed by atoms with E-state index in [1.165, 1.54) is 0 Å². The number of primary amides is 1. The molecular weight excluding hydrogens is 242 g/mol. The maximum Gasteiger partial charge on any atom is 0.358 e. The Morgan fingerprint density at radius 3 is 2.83 bits per heavy atom. The van der Waals surface area contributed by atoms with Crippen LogP contribution in [0.5, 0.6) is 0 Å². The molecule has 18 heavy (non-hydrogen) atoms. The Morgan fingerprint density at radius 2 is 2.22 bits per heavy atom. The molecule has 0 aliphatic heterocycles. The van der Waals surface area contributed by atoms with Gasteiger partial charge < -0.3 is 10.5 Å². The minimum atomic E-state index is -0.977. The van der Waals surface area contributed by atoms with Crippen LogP contribution in [0.3, 0.4) is 0 Å². The Morgan fingerprint density at radius 1 is 1.50 bits per heavy atom. The van der Waals surface area contributed by atoms with Gasteiger partial charge in [0.15, 0.2) is 11.2 Å². The summed E-state index contributed by atoms with van der Waals surface area (Å²) in [6, 6.07) is -0.977. The number of ether oxygens (including phenoxy) is 1. The molecule has 3 N–H and O–H groups in total. The molecule has 0 atom stereocenters. The van der Waals surface area contributed by atoms with Gasteiger partial charge in [0.1, 0.15) is 11.8 Å². The molecule has 0 aliphatic carbocycles. The number of nitrogens with two attached hydrogens (primary N) is 1. The van der Waals surface area contributed by atoms with Gasteiger partial charge in [-0.1, -0.05) is 0 Å². The monoisotopic (exact) mass is 251 g/mol. The lowest BCUT2D eigenvalue weighted by Gasteiger charge is -1.99. The van der Waals surface area contributed by atoms with E-state index in [9.17, 15) is 14.4 Å². The zero-order valence-electron chi connectivity index (χ0n) is 9.34. The lowest BCUT2D eigenvalue weighted by atomic mass is 10.3. The van der Waals surface area contributed by atoms with E-state index in [0.29, 0.717) is 4.57 Å². The molecule has 1 amide bonds. The third kappa shape index (κ3) is 1.71. The minimum absolute atomic E-state index is 0.0379. The average molecular weight is 251 g/mol. The van der Waals surface area contributed by atoms with E-state index in [-0.39, 0.29) is 23.3 Å². The lowest BCUT2D eigenvalue weighted by Crippen LogP contribution is -2.31. The van der Waals surface area contributed by atoms with E-state index < -0.39 is 17.6 Å². The molecule has 0 saturated heterocycles. The number of fused-ring (bicyclic) bond motifs is 1. The molecule has 0 spiro atoms. The summed E-state index contributed by atoms with van der Waals surface area (Å²) in [5, 5.41) is 5.99. The highest BCUT2D eigenvalue weighted by Crippen LogP contribution is 2.09. The van der Waals surface area contributed by atoms with Crippen LogP contribution in [0.1, 0.15) is 17.4 Å². The number of hydrogen-bond acceptors (Lipinski definition) is 6. The van der Waals surface area contributed by atoms with Crippen molar-refractivity contribution in [1.82, 2.24) is 19.7 Å². The van der Waals surface area contributed by atoms with Crippen molar-refractivity contribution >= 4 is 23.0 Å². The van der Waals surface area contributed by atoms with Crippen LogP contribution < -0.4 is 11.3 Å². The summed E-state index contributed by atoms with van der Waals surface area (Å²) in [7, 11) is 0. The number of esters is 1. The Hall–Kier alpha value is -2.71. The van der Waals surface area contributed by atoms with Crippen molar-refractivity contribution in [2.75, 3.05) is 6.61 Å². The fourth-order valence-electron chi connectivity index (χ4n) is 1.40. The van der Waals surface area contributed by atoms with Crippen LogP contribution in [0.15, 0.2) is 11.1 Å². The van der Waals surface area contributed by atoms with Crippen LogP contribution in [0.25, 0.3) is 11.0 Å². The summed E-state index contributed by atoms with van der Waals surface area (Å²) in [5.74, 6) is -0.677. The molecule has 9 nitrogen and oxygen atoms in total. The third-order valence-electron chi connectivity index (χ3n) is 2.18. The fourth-order valence-corrected chi connectivity index (χ4v) is 1.40. The smallest absolute Gasteiger partial charge is 0.358 e. The molecule has 2 heterocycles. The summed E-state index contributed by atoms with van der Waals surface area (Å²) >= 11 is 0. The van der Waals surface area contributed by atoms with Gasteiger partial charge >= 0.3 is 12.0 Å². The van der Waals surface area contributed by atoms with E-state index in [1.54, 1.807) is 6.92 Å². The zero-order valence-corrected chi connectivity index (χ0v) is 9.34. The van der Waals surface area contributed by atoms with E-state index >= 15 is 0 Å². The molecule has 0 bridgehead atoms. The summed E-state index contributed by atoms with van der Waals surface area (Å²) in [4.78, 5) is 38.0. The first-order valence-corrected chi connectivity index (χ1v) is 4.99. The van der Waals surface area contributed by atoms with Gasteiger partial charge in [0.05, 0.1) is 6.61 Å². The average Bonchev–Trinajstić information content (AvgIpc) is 2.74. The number of nitrogens with one attached hydrogen (secondary N) is 1. The zero-order chi connectivity index (χ0) is 13.3. The maximum atomic E-state index is 11.8. The standard InChI is InChI=1S/C9H9N5O4/c1-2-18-8(16)6-4-5(12-13-6)7(15)14(3-11-4)9(10)17/h3H,2H2,1H3,(H2,10,17)(H,12,13). The summed E-state index contributed by atoms with van der Waals surface area (Å²) in [5.41, 5.74) is 4.07. The maximum absolute atomic E-state index is 11.8. The first-order valence-electron chi connectivity index (χ1n) is 4.99. The van der Waals surface area contributed by atoms with Gasteiger partial charge in [-0.05, 0) is 6.92 Å². The molecule has 94 valence electrons. The van der Waals surface area contributed by atoms with Crippen LogP contribution >= 0.6 is 0 Å². The molecule has 0 radical (unpaired) electrons. The molecule has 0 aromatic carbocycles. The molecular formula is C9H9N5O4. The predicted molar refractivity (Wildman–Crippen MR) is 59.1 cm³/mol. The number of nitrogens with zero attached hydrogens (tertiary/aromatic N) is 3. The van der Waals surface area contributed by atoms with E-state index in [0.717, 1.165) is 6.33 Å². The minimum Gasteiger partial charge on any atom is -0.461 e. The van der Waals surface area contributed by atoms with Gasteiger partial charge in [-0.15, -0.1) is 0 Å². The highest BCUT2D eigenvalue weighted by atomic mass is 16.5. The fraction of sp³-hybridized carbons (Fsp3) is 0.222. The topological polar surface area (TPSA) is 133 Å². The number of amides is 1. The van der Waals surface area contributed by atoms with Gasteiger partial charge in [0, 0.05) is 0 Å². The van der Waals surface area contributed by atoms with E-state index in [2.05, 4.69) is 15.2 Å². The number of carbonyl (C=O) groups excluding carboxylic acids is 2. The molecule has 0 aliphatic rings. The van der Waals surface area contributed by atoms with E-state index in [1.807, 2.05) is 0 Å². The van der Waals surface area contributed by atoms with Crippen LogP contribution in [0.2, 0.25) is 0 Å². The number of H-pyrrole nitrogens is 1. The van der Waals surface area contributed by atoms with Crippen molar-refractivity contribution in [3.05, 3.63) is 22.4 Å². The molecule has 0 saturated carbocycles. The molecule has 0 unspecified atom stereocenters. The number of aromatic amines is 1. The second kappa shape index (κ2) is 4.28. The van der Waals surface area contributed by atoms with Crippen molar-refractivity contribution < 1.29 is 14.3 Å². The van der Waals surface area contributed by atoms with Gasteiger partial charge in [-0.25, -0.2) is 19.1 Å². The van der Waals surface area contributed by atoms with Crippen LogP contribution in [-0.4, -0.2) is 38.4 Å². The second-order valence-electron chi connectivity index (χ2n) is 3.27. The van der Waals surface area contributed by atoms with Crippen molar-refractivity contribution in [2.45, 2.75) is 6.92 Å². The highest BCUT2D eigenvalue weighted by Gasteiger charge is 2.19. The van der Waals surface area contributed by atoms with Crippen LogP contribution in [-0.2, 0) is 4.74 Å². The molecule has 2 rings (SSSR count). The van der Waals surface area contributed by atoms with Crippen molar-refractivity contribution in [2.24, 2.45) is 5.73 Å². The first kappa shape index (κ1) is 11.8. The SMILES string of the molecule is CCOC(=O)c1[nH]nc2c(=O)n(C(N)=O)cnc12. The van der Waals surface area contributed by atoms with Gasteiger partial charge in [-0.3, -0.25) is 9.89 Å². The van der Waals surface area contributed by atoms with E-state index in [4.69, 9.17) is 10.5 Å². The quantitative estimate of drug-likeness (QED) is 0.673. The lowest BCUT2D eigenvalue weighted by molar-refractivity contribution is 0.0521. The van der Waals surface area contributed by atoms with Gasteiger partial charge in [0.25, 0.3) is 5.56 Å². The normalized spacial score (nSPS) is 10.5. The largest absolute Gasteiger partial charge is 0.461 e. The molecule has 9 heteroatoms.